The van der Waals surface area contributed by atoms with Gasteiger partial charge in [-0.2, -0.15) is 18.3 Å². The van der Waals surface area contributed by atoms with Gasteiger partial charge in [0.05, 0.1) is 0 Å². The lowest BCUT2D eigenvalue weighted by molar-refractivity contribution is -0.188. The number of likely N-dealkylation sites (tertiary alicyclic amines) is 1. The molecule has 0 radical (unpaired) electrons. The molecule has 1 aliphatic rings. The number of nitrogens with zero attached hydrogens (tertiary/aromatic N) is 2. The predicted molar refractivity (Wildman–Crippen MR) is 70.9 cm³/mol. The van der Waals surface area contributed by atoms with Gasteiger partial charge >= 0.3 is 6.18 Å². The Bertz CT molecular complexity index is 500. The first kappa shape index (κ1) is 15.8. The second-order valence-corrected chi connectivity index (χ2v) is 5.38. The van der Waals surface area contributed by atoms with E-state index in [-0.39, 0.29) is 30.6 Å². The highest BCUT2D eigenvalue weighted by Gasteiger charge is 2.44. The van der Waals surface area contributed by atoms with Gasteiger partial charge in [0.1, 0.15) is 11.7 Å². The van der Waals surface area contributed by atoms with E-state index in [1.807, 2.05) is 6.92 Å². The van der Waals surface area contributed by atoms with Crippen molar-refractivity contribution in [1.82, 2.24) is 20.4 Å². The molecular formula is C13H19F3N4O. The third-order valence-electron chi connectivity index (χ3n) is 3.79. The molecule has 1 amide bonds. The number of H-pyrrole nitrogens is 1. The average molecular weight is 304 g/mol. The molecular weight excluding hydrogens is 285 g/mol. The summed E-state index contributed by atoms with van der Waals surface area (Å²) in [5.74, 6) is -0.352. The van der Waals surface area contributed by atoms with Gasteiger partial charge < -0.3 is 5.32 Å². The van der Waals surface area contributed by atoms with E-state index in [2.05, 4.69) is 15.5 Å². The van der Waals surface area contributed by atoms with Crippen LogP contribution < -0.4 is 5.32 Å². The van der Waals surface area contributed by atoms with Crippen molar-refractivity contribution in [2.75, 3.05) is 13.6 Å². The van der Waals surface area contributed by atoms with Crippen LogP contribution in [0.2, 0.25) is 0 Å². The Morgan fingerprint density at radius 2 is 2.24 bits per heavy atom. The van der Waals surface area contributed by atoms with Crippen LogP contribution in [-0.4, -0.2) is 52.9 Å². The van der Waals surface area contributed by atoms with Crippen molar-refractivity contribution in [3.8, 4) is 0 Å². The van der Waals surface area contributed by atoms with Crippen molar-refractivity contribution in [3.05, 3.63) is 17.5 Å². The van der Waals surface area contributed by atoms with E-state index in [1.54, 1.807) is 6.07 Å². The van der Waals surface area contributed by atoms with E-state index in [1.165, 1.54) is 11.9 Å². The molecule has 1 saturated heterocycles. The topological polar surface area (TPSA) is 61.0 Å². The van der Waals surface area contributed by atoms with Crippen LogP contribution in [0.25, 0.3) is 0 Å². The number of amides is 1. The van der Waals surface area contributed by atoms with Gasteiger partial charge in [-0.05, 0) is 32.4 Å². The molecule has 118 valence electrons. The average Bonchev–Trinajstić information content (AvgIpc) is 2.86. The Balaban J connectivity index is 1.92. The Morgan fingerprint density at radius 1 is 1.52 bits per heavy atom. The zero-order valence-electron chi connectivity index (χ0n) is 12.0. The molecule has 1 fully saturated rings. The summed E-state index contributed by atoms with van der Waals surface area (Å²) in [6.45, 7) is 2.11. The van der Waals surface area contributed by atoms with Crippen molar-refractivity contribution in [2.45, 2.75) is 44.4 Å². The van der Waals surface area contributed by atoms with Crippen LogP contribution in [0.1, 0.15) is 35.9 Å². The number of hydrogen-bond donors (Lipinski definition) is 2. The molecule has 0 saturated carbocycles. The monoisotopic (exact) mass is 304 g/mol. The summed E-state index contributed by atoms with van der Waals surface area (Å²) < 4.78 is 38.2. The van der Waals surface area contributed by atoms with Gasteiger partial charge in [0.25, 0.3) is 5.91 Å². The molecule has 0 aromatic carbocycles. The van der Waals surface area contributed by atoms with E-state index in [4.69, 9.17) is 0 Å². The second kappa shape index (κ2) is 6.05. The fraction of sp³-hybridized carbons (Fsp3) is 0.692. The largest absolute Gasteiger partial charge is 0.404 e. The van der Waals surface area contributed by atoms with Gasteiger partial charge in [-0.15, -0.1) is 0 Å². The van der Waals surface area contributed by atoms with Gasteiger partial charge in [-0.1, -0.05) is 6.92 Å². The second-order valence-electron chi connectivity index (χ2n) is 5.38. The summed E-state index contributed by atoms with van der Waals surface area (Å²) >= 11 is 0. The van der Waals surface area contributed by atoms with Gasteiger partial charge in [0, 0.05) is 18.3 Å². The van der Waals surface area contributed by atoms with Crippen molar-refractivity contribution >= 4 is 5.91 Å². The Kier molecular flexibility index (Phi) is 4.55. The smallest absolute Gasteiger partial charge is 0.347 e. The number of nitrogens with one attached hydrogen (secondary N) is 2. The zero-order chi connectivity index (χ0) is 15.6. The van der Waals surface area contributed by atoms with E-state index in [0.717, 1.165) is 12.1 Å². The number of carbonyl (C=O) groups is 1. The highest BCUT2D eigenvalue weighted by atomic mass is 19.4. The quantitative estimate of drug-likeness (QED) is 0.894. The SMILES string of the molecule is CCc1cc(C(=O)N[C@@H]2CC[C@@H](C(F)(F)F)N(C)C2)n[nH]1. The first-order chi connectivity index (χ1) is 9.81. The number of carbonyl (C=O) groups excluding carboxylic acids is 1. The number of halogens is 3. The fourth-order valence-electron chi connectivity index (χ4n) is 2.60. The number of alkyl halides is 3. The molecule has 2 N–H and O–H groups in total. The molecule has 1 aromatic rings. The van der Waals surface area contributed by atoms with Gasteiger partial charge in [0.15, 0.2) is 0 Å². The first-order valence-electron chi connectivity index (χ1n) is 6.93. The number of aromatic nitrogens is 2. The lowest BCUT2D eigenvalue weighted by Crippen LogP contribution is -2.54. The van der Waals surface area contributed by atoms with Crippen LogP contribution in [0.3, 0.4) is 0 Å². The maximum atomic E-state index is 12.7. The van der Waals surface area contributed by atoms with Crippen molar-refractivity contribution in [1.29, 1.82) is 0 Å². The van der Waals surface area contributed by atoms with Gasteiger partial charge in [0.2, 0.25) is 0 Å². The minimum atomic E-state index is -4.22. The molecule has 0 spiro atoms. The molecule has 1 aromatic heterocycles. The third-order valence-corrected chi connectivity index (χ3v) is 3.79. The third kappa shape index (κ3) is 3.75. The summed E-state index contributed by atoms with van der Waals surface area (Å²) in [4.78, 5) is 13.2. The summed E-state index contributed by atoms with van der Waals surface area (Å²) in [5.41, 5.74) is 1.12. The Hall–Kier alpha value is -1.57. The summed E-state index contributed by atoms with van der Waals surface area (Å²) in [7, 11) is 1.43. The molecule has 8 heteroatoms. The molecule has 2 heterocycles. The highest BCUT2D eigenvalue weighted by Crippen LogP contribution is 2.30. The minimum Gasteiger partial charge on any atom is -0.347 e. The molecule has 0 unspecified atom stereocenters. The molecule has 2 rings (SSSR count). The number of aryl methyl sites for hydroxylation is 1. The minimum absolute atomic E-state index is 0.00821. The molecule has 21 heavy (non-hydrogen) atoms. The number of likely N-dealkylation sites (N-methyl/N-ethyl adjacent to an activating group) is 1. The zero-order valence-corrected chi connectivity index (χ0v) is 12.0. The van der Waals surface area contributed by atoms with Crippen molar-refractivity contribution in [3.63, 3.8) is 0 Å². The van der Waals surface area contributed by atoms with E-state index < -0.39 is 12.2 Å². The number of aromatic amines is 1. The standard InChI is InChI=1S/C13H19F3N4O/c1-3-8-6-10(19-18-8)12(21)17-9-4-5-11(13(14,15)16)20(2)7-9/h6,9,11H,3-5,7H2,1-2H3,(H,17,21)(H,18,19)/t9-,11+/m1/s1. The van der Waals surface area contributed by atoms with Crippen LogP contribution in [0, 0.1) is 0 Å². The summed E-state index contributed by atoms with van der Waals surface area (Å²) in [6.07, 6.45) is -3.18. The number of rotatable bonds is 3. The maximum absolute atomic E-state index is 12.7. The van der Waals surface area contributed by atoms with E-state index >= 15 is 0 Å². The van der Waals surface area contributed by atoms with Crippen LogP contribution in [0.15, 0.2) is 6.07 Å². The number of piperidine rings is 1. The molecule has 0 bridgehead atoms. The first-order valence-corrected chi connectivity index (χ1v) is 6.93. The number of hydrogen-bond acceptors (Lipinski definition) is 3. The van der Waals surface area contributed by atoms with Gasteiger partial charge in [-0.3, -0.25) is 14.8 Å². The highest BCUT2D eigenvalue weighted by molar-refractivity contribution is 5.92. The van der Waals surface area contributed by atoms with Crippen LogP contribution in [0.4, 0.5) is 13.2 Å². The predicted octanol–water partition coefficient (Wildman–Crippen LogP) is 1.73. The van der Waals surface area contributed by atoms with Crippen molar-refractivity contribution < 1.29 is 18.0 Å². The van der Waals surface area contributed by atoms with Gasteiger partial charge in [-0.25, -0.2) is 0 Å². The van der Waals surface area contributed by atoms with Crippen LogP contribution in [-0.2, 0) is 6.42 Å². The van der Waals surface area contributed by atoms with Crippen LogP contribution >= 0.6 is 0 Å². The summed E-state index contributed by atoms with van der Waals surface area (Å²) in [6, 6.07) is -0.0639. The lowest BCUT2D eigenvalue weighted by atomic mass is 9.98. The molecule has 1 aliphatic heterocycles. The van der Waals surface area contributed by atoms with Crippen molar-refractivity contribution in [2.24, 2.45) is 0 Å². The maximum Gasteiger partial charge on any atom is 0.404 e. The lowest BCUT2D eigenvalue weighted by Gasteiger charge is -2.38. The molecule has 0 aliphatic carbocycles. The summed E-state index contributed by atoms with van der Waals surface area (Å²) in [5, 5.41) is 9.38. The molecule has 5 nitrogen and oxygen atoms in total. The Morgan fingerprint density at radius 3 is 2.76 bits per heavy atom. The fourth-order valence-corrected chi connectivity index (χ4v) is 2.60. The van der Waals surface area contributed by atoms with Crippen LogP contribution in [0.5, 0.6) is 0 Å². The Labute approximate surface area is 120 Å². The normalized spacial score (nSPS) is 24.0. The van der Waals surface area contributed by atoms with E-state index in [9.17, 15) is 18.0 Å². The molecule has 2 atom stereocenters. The van der Waals surface area contributed by atoms with E-state index in [0.29, 0.717) is 6.42 Å².